The smallest absolute Gasteiger partial charge is 0.325 e. The Kier molecular flexibility index (Phi) is 6.67. The number of hydrogen-bond acceptors (Lipinski definition) is 4. The van der Waals surface area contributed by atoms with Gasteiger partial charge in [0.05, 0.1) is 13.0 Å². The number of esters is 1. The van der Waals surface area contributed by atoms with E-state index in [9.17, 15) is 14.4 Å². The van der Waals surface area contributed by atoms with E-state index in [-0.39, 0.29) is 31.4 Å². The van der Waals surface area contributed by atoms with E-state index in [1.165, 1.54) is 6.08 Å². The van der Waals surface area contributed by atoms with E-state index in [4.69, 9.17) is 4.74 Å². The van der Waals surface area contributed by atoms with E-state index >= 15 is 0 Å². The molecule has 0 atom stereocenters. The number of carbonyl (C=O) groups is 3. The second-order valence-electron chi connectivity index (χ2n) is 4.15. The van der Waals surface area contributed by atoms with Gasteiger partial charge in [0.1, 0.15) is 6.54 Å². The minimum absolute atomic E-state index is 0.108. The van der Waals surface area contributed by atoms with Crippen molar-refractivity contribution >= 4 is 23.5 Å². The Morgan fingerprint density at radius 2 is 2.10 bits per heavy atom. The molecular weight excluding hydrogens is 272 g/mol. The Morgan fingerprint density at radius 1 is 1.33 bits per heavy atom. The quantitative estimate of drug-likeness (QED) is 0.580. The predicted octanol–water partition coefficient (Wildman–Crippen LogP) is 1.03. The first-order chi connectivity index (χ1) is 10.0. The van der Waals surface area contributed by atoms with Crippen molar-refractivity contribution in [3.8, 4) is 0 Å². The number of benzene rings is 1. The summed E-state index contributed by atoms with van der Waals surface area (Å²) in [5.74, 6) is -1.09. The molecule has 2 amide bonds. The van der Waals surface area contributed by atoms with E-state index in [0.717, 1.165) is 5.56 Å². The number of hydrogen-bond donors (Lipinski definition) is 2. The molecule has 0 aliphatic carbocycles. The maximum Gasteiger partial charge on any atom is 0.325 e. The molecule has 0 aliphatic rings. The molecule has 0 radical (unpaired) electrons. The van der Waals surface area contributed by atoms with Crippen molar-refractivity contribution in [3.05, 3.63) is 42.5 Å². The molecule has 0 aliphatic heterocycles. The highest BCUT2D eigenvalue weighted by atomic mass is 16.5. The van der Waals surface area contributed by atoms with Crippen LogP contribution >= 0.6 is 0 Å². The van der Waals surface area contributed by atoms with E-state index in [1.54, 1.807) is 31.2 Å². The molecule has 0 aromatic heterocycles. The van der Waals surface area contributed by atoms with E-state index in [2.05, 4.69) is 17.2 Å². The molecule has 2 N–H and O–H groups in total. The molecule has 0 saturated heterocycles. The fraction of sp³-hybridized carbons (Fsp3) is 0.267. The van der Waals surface area contributed by atoms with E-state index in [1.807, 2.05) is 0 Å². The lowest BCUT2D eigenvalue weighted by atomic mass is 10.1. The molecule has 0 bridgehead atoms. The third kappa shape index (κ3) is 6.38. The third-order valence-electron chi connectivity index (χ3n) is 2.48. The first kappa shape index (κ1) is 16.4. The zero-order valence-electron chi connectivity index (χ0n) is 11.8. The van der Waals surface area contributed by atoms with Crippen molar-refractivity contribution in [1.29, 1.82) is 0 Å². The van der Waals surface area contributed by atoms with Gasteiger partial charge in [0.25, 0.3) is 0 Å². The highest BCUT2D eigenvalue weighted by Crippen LogP contribution is 2.11. The number of anilines is 1. The number of rotatable bonds is 7. The lowest BCUT2D eigenvalue weighted by Crippen LogP contribution is -2.31. The van der Waals surface area contributed by atoms with Crippen LogP contribution in [0.15, 0.2) is 36.9 Å². The van der Waals surface area contributed by atoms with Crippen LogP contribution in [0.5, 0.6) is 0 Å². The largest absolute Gasteiger partial charge is 0.465 e. The summed E-state index contributed by atoms with van der Waals surface area (Å²) in [7, 11) is 0. The monoisotopic (exact) mass is 290 g/mol. The van der Waals surface area contributed by atoms with Gasteiger partial charge in [0.15, 0.2) is 0 Å². The van der Waals surface area contributed by atoms with E-state index in [0.29, 0.717) is 5.69 Å². The summed E-state index contributed by atoms with van der Waals surface area (Å²) in [5, 5.41) is 5.08. The minimum Gasteiger partial charge on any atom is -0.465 e. The highest BCUT2D eigenvalue weighted by molar-refractivity contribution is 5.99. The normalized spacial score (nSPS) is 9.57. The number of amides is 2. The van der Waals surface area contributed by atoms with Crippen LogP contribution in [0.1, 0.15) is 12.5 Å². The first-order valence-corrected chi connectivity index (χ1v) is 6.49. The van der Waals surface area contributed by atoms with Crippen molar-refractivity contribution in [1.82, 2.24) is 5.32 Å². The minimum atomic E-state index is -0.474. The molecule has 0 heterocycles. The Morgan fingerprint density at radius 3 is 2.76 bits per heavy atom. The summed E-state index contributed by atoms with van der Waals surface area (Å²) in [4.78, 5) is 34.0. The van der Waals surface area contributed by atoms with Gasteiger partial charge < -0.3 is 15.4 Å². The maximum atomic E-state index is 11.7. The van der Waals surface area contributed by atoms with Gasteiger partial charge in [-0.2, -0.15) is 0 Å². The molecule has 6 heteroatoms. The lowest BCUT2D eigenvalue weighted by molar-refractivity contribution is -0.143. The Balaban J connectivity index is 2.52. The Hall–Kier alpha value is -2.63. The molecule has 0 unspecified atom stereocenters. The van der Waals surface area contributed by atoms with Crippen molar-refractivity contribution < 1.29 is 19.1 Å². The lowest BCUT2D eigenvalue weighted by Gasteiger charge is -2.07. The van der Waals surface area contributed by atoms with Crippen molar-refractivity contribution in [2.24, 2.45) is 0 Å². The van der Waals surface area contributed by atoms with Gasteiger partial charge in [-0.25, -0.2) is 0 Å². The summed E-state index contributed by atoms with van der Waals surface area (Å²) in [6.07, 6.45) is 1.27. The van der Waals surface area contributed by atoms with Gasteiger partial charge in [-0.3, -0.25) is 14.4 Å². The van der Waals surface area contributed by atoms with Crippen LogP contribution in [0.3, 0.4) is 0 Å². The van der Waals surface area contributed by atoms with Crippen LogP contribution in [-0.2, 0) is 25.5 Å². The van der Waals surface area contributed by atoms with Crippen LogP contribution in [0.2, 0.25) is 0 Å². The second-order valence-corrected chi connectivity index (χ2v) is 4.15. The summed E-state index contributed by atoms with van der Waals surface area (Å²) in [5.41, 5.74) is 1.30. The maximum absolute atomic E-state index is 11.7. The molecular formula is C15H18N2O4. The van der Waals surface area contributed by atoms with Crippen LogP contribution in [0, 0.1) is 0 Å². The molecule has 0 spiro atoms. The molecule has 1 rings (SSSR count). The SMILES string of the molecule is C=CC(=O)Nc1cccc(CC(=O)NCC(=O)OCC)c1. The average Bonchev–Trinajstić information content (AvgIpc) is 2.45. The van der Waals surface area contributed by atoms with Gasteiger partial charge in [0.2, 0.25) is 11.8 Å². The zero-order chi connectivity index (χ0) is 15.7. The van der Waals surface area contributed by atoms with E-state index < -0.39 is 5.97 Å². The zero-order valence-corrected chi connectivity index (χ0v) is 11.8. The molecule has 21 heavy (non-hydrogen) atoms. The summed E-state index contributed by atoms with van der Waals surface area (Å²) >= 11 is 0. The average molecular weight is 290 g/mol. The van der Waals surface area contributed by atoms with Gasteiger partial charge in [-0.1, -0.05) is 18.7 Å². The second kappa shape index (κ2) is 8.52. The van der Waals surface area contributed by atoms with Gasteiger partial charge in [-0.05, 0) is 30.7 Å². The first-order valence-electron chi connectivity index (χ1n) is 6.49. The number of carbonyl (C=O) groups excluding carboxylic acids is 3. The molecule has 1 aromatic carbocycles. The molecule has 1 aromatic rings. The summed E-state index contributed by atoms with van der Waals surface area (Å²) < 4.78 is 4.71. The van der Waals surface area contributed by atoms with Crippen molar-refractivity contribution in [3.63, 3.8) is 0 Å². The third-order valence-corrected chi connectivity index (χ3v) is 2.48. The molecule has 112 valence electrons. The predicted molar refractivity (Wildman–Crippen MR) is 78.6 cm³/mol. The van der Waals surface area contributed by atoms with Crippen LogP contribution in [0.25, 0.3) is 0 Å². The van der Waals surface area contributed by atoms with Gasteiger partial charge >= 0.3 is 5.97 Å². The molecule has 0 saturated carbocycles. The molecule has 6 nitrogen and oxygen atoms in total. The van der Waals surface area contributed by atoms with Crippen molar-refractivity contribution in [2.75, 3.05) is 18.5 Å². The van der Waals surface area contributed by atoms with Crippen molar-refractivity contribution in [2.45, 2.75) is 13.3 Å². The van der Waals surface area contributed by atoms with Gasteiger partial charge in [-0.15, -0.1) is 0 Å². The van der Waals surface area contributed by atoms with Crippen LogP contribution in [-0.4, -0.2) is 30.9 Å². The fourth-order valence-electron chi connectivity index (χ4n) is 1.58. The Labute approximate surface area is 123 Å². The topological polar surface area (TPSA) is 84.5 Å². The fourth-order valence-corrected chi connectivity index (χ4v) is 1.58. The molecule has 0 fully saturated rings. The highest BCUT2D eigenvalue weighted by Gasteiger charge is 2.07. The number of nitrogens with one attached hydrogen (secondary N) is 2. The van der Waals surface area contributed by atoms with Crippen LogP contribution < -0.4 is 10.6 Å². The number of ether oxygens (including phenoxy) is 1. The van der Waals surface area contributed by atoms with Gasteiger partial charge in [0, 0.05) is 5.69 Å². The Bertz CT molecular complexity index is 540. The summed E-state index contributed by atoms with van der Waals surface area (Å²) in [6, 6.07) is 6.88. The standard InChI is InChI=1S/C15H18N2O4/c1-3-13(18)17-12-7-5-6-11(8-12)9-14(19)16-10-15(20)21-4-2/h3,5-8H,1,4,9-10H2,2H3,(H,16,19)(H,17,18). The van der Waals surface area contributed by atoms with Crippen LogP contribution in [0.4, 0.5) is 5.69 Å². The summed E-state index contributed by atoms with van der Waals surface area (Å²) in [6.45, 7) is 5.19.